The topological polar surface area (TPSA) is 64.4 Å². The SMILES string of the molecule is NC(=O)c1ccc(O[C@H]2CCCNC2)cc1Cl. The van der Waals surface area contributed by atoms with Crippen molar-refractivity contribution in [1.82, 2.24) is 5.32 Å². The van der Waals surface area contributed by atoms with Crippen LogP contribution in [0, 0.1) is 0 Å². The minimum Gasteiger partial charge on any atom is -0.489 e. The number of rotatable bonds is 3. The maximum absolute atomic E-state index is 11.0. The number of carbonyl (C=O) groups excluding carboxylic acids is 1. The Morgan fingerprint density at radius 1 is 1.53 bits per heavy atom. The molecule has 0 aliphatic carbocycles. The first-order valence-corrected chi connectivity index (χ1v) is 6.01. The van der Waals surface area contributed by atoms with Crippen molar-refractivity contribution in [3.8, 4) is 5.75 Å². The van der Waals surface area contributed by atoms with Crippen LogP contribution in [0.25, 0.3) is 0 Å². The molecule has 1 aliphatic rings. The molecule has 92 valence electrons. The number of primary amides is 1. The van der Waals surface area contributed by atoms with Crippen LogP contribution in [0.4, 0.5) is 0 Å². The third kappa shape index (κ3) is 3.11. The van der Waals surface area contributed by atoms with Crippen molar-refractivity contribution in [2.75, 3.05) is 13.1 Å². The van der Waals surface area contributed by atoms with E-state index in [0.29, 0.717) is 16.3 Å². The number of hydrogen-bond donors (Lipinski definition) is 2. The van der Waals surface area contributed by atoms with Gasteiger partial charge >= 0.3 is 0 Å². The molecule has 1 aromatic carbocycles. The van der Waals surface area contributed by atoms with E-state index in [9.17, 15) is 4.79 Å². The number of carbonyl (C=O) groups is 1. The highest BCUT2D eigenvalue weighted by Gasteiger charge is 2.15. The monoisotopic (exact) mass is 254 g/mol. The molecule has 1 amide bonds. The number of nitrogens with one attached hydrogen (secondary N) is 1. The van der Waals surface area contributed by atoms with Gasteiger partial charge in [0.1, 0.15) is 11.9 Å². The molecule has 0 bridgehead atoms. The molecule has 5 heteroatoms. The molecule has 1 aromatic rings. The van der Waals surface area contributed by atoms with E-state index in [1.807, 2.05) is 0 Å². The molecule has 2 rings (SSSR count). The first-order valence-electron chi connectivity index (χ1n) is 5.63. The fourth-order valence-corrected chi connectivity index (χ4v) is 2.15. The van der Waals surface area contributed by atoms with Gasteiger partial charge in [0.2, 0.25) is 5.91 Å². The van der Waals surface area contributed by atoms with Gasteiger partial charge in [-0.3, -0.25) is 4.79 Å². The van der Waals surface area contributed by atoms with Gasteiger partial charge in [0, 0.05) is 6.54 Å². The molecule has 0 unspecified atom stereocenters. The van der Waals surface area contributed by atoms with Crippen LogP contribution in [0.15, 0.2) is 18.2 Å². The molecule has 0 spiro atoms. The van der Waals surface area contributed by atoms with Crippen LogP contribution < -0.4 is 15.8 Å². The number of ether oxygens (including phenoxy) is 1. The Hall–Kier alpha value is -1.26. The number of hydrogen-bond acceptors (Lipinski definition) is 3. The minimum atomic E-state index is -0.527. The van der Waals surface area contributed by atoms with Crippen molar-refractivity contribution in [2.24, 2.45) is 5.73 Å². The summed E-state index contributed by atoms with van der Waals surface area (Å²) in [6.45, 7) is 1.89. The summed E-state index contributed by atoms with van der Waals surface area (Å²) in [5.74, 6) is 0.148. The molecule has 0 aromatic heterocycles. The van der Waals surface area contributed by atoms with Crippen LogP contribution in [-0.4, -0.2) is 25.1 Å². The zero-order valence-electron chi connectivity index (χ0n) is 9.41. The second-order valence-electron chi connectivity index (χ2n) is 4.09. The summed E-state index contributed by atoms with van der Waals surface area (Å²) in [5, 5.41) is 3.60. The fraction of sp³-hybridized carbons (Fsp3) is 0.417. The third-order valence-electron chi connectivity index (χ3n) is 2.76. The Balaban J connectivity index is 2.06. The summed E-state index contributed by atoms with van der Waals surface area (Å²) < 4.78 is 5.77. The maximum Gasteiger partial charge on any atom is 0.250 e. The number of nitrogens with two attached hydrogens (primary N) is 1. The van der Waals surface area contributed by atoms with E-state index >= 15 is 0 Å². The third-order valence-corrected chi connectivity index (χ3v) is 3.07. The molecular formula is C12H15ClN2O2. The molecule has 4 nitrogen and oxygen atoms in total. The Bertz CT molecular complexity index is 417. The Morgan fingerprint density at radius 2 is 2.35 bits per heavy atom. The van der Waals surface area contributed by atoms with Crippen LogP contribution in [-0.2, 0) is 0 Å². The molecule has 1 aliphatic heterocycles. The Morgan fingerprint density at radius 3 is 2.94 bits per heavy atom. The van der Waals surface area contributed by atoms with Crippen molar-refractivity contribution in [3.05, 3.63) is 28.8 Å². The van der Waals surface area contributed by atoms with Gasteiger partial charge in [-0.1, -0.05) is 11.6 Å². The summed E-state index contributed by atoms with van der Waals surface area (Å²) in [6, 6.07) is 4.95. The van der Waals surface area contributed by atoms with Crippen molar-refractivity contribution in [2.45, 2.75) is 18.9 Å². The predicted octanol–water partition coefficient (Wildman–Crippen LogP) is 1.57. The highest BCUT2D eigenvalue weighted by atomic mass is 35.5. The van der Waals surface area contributed by atoms with E-state index < -0.39 is 5.91 Å². The van der Waals surface area contributed by atoms with Crippen LogP contribution in [0.5, 0.6) is 5.75 Å². The zero-order valence-corrected chi connectivity index (χ0v) is 10.2. The maximum atomic E-state index is 11.0. The van der Waals surface area contributed by atoms with Crippen LogP contribution in [0.3, 0.4) is 0 Å². The highest BCUT2D eigenvalue weighted by molar-refractivity contribution is 6.33. The van der Waals surface area contributed by atoms with Crippen molar-refractivity contribution in [3.63, 3.8) is 0 Å². The van der Waals surface area contributed by atoms with Gasteiger partial charge in [0.05, 0.1) is 10.6 Å². The molecular weight excluding hydrogens is 240 g/mol. The van der Waals surface area contributed by atoms with E-state index in [-0.39, 0.29) is 6.10 Å². The smallest absolute Gasteiger partial charge is 0.250 e. The van der Waals surface area contributed by atoms with Gasteiger partial charge < -0.3 is 15.8 Å². The molecule has 1 atom stereocenters. The minimum absolute atomic E-state index is 0.166. The summed E-state index contributed by atoms with van der Waals surface area (Å²) in [7, 11) is 0. The van der Waals surface area contributed by atoms with E-state index in [1.165, 1.54) is 0 Å². The lowest BCUT2D eigenvalue weighted by Crippen LogP contribution is -2.37. The number of halogens is 1. The number of amides is 1. The van der Waals surface area contributed by atoms with Crippen LogP contribution in [0.1, 0.15) is 23.2 Å². The van der Waals surface area contributed by atoms with Gasteiger partial charge in [0.25, 0.3) is 0 Å². The average Bonchev–Trinajstić information content (AvgIpc) is 2.30. The predicted molar refractivity (Wildman–Crippen MR) is 66.5 cm³/mol. The molecule has 1 saturated heterocycles. The summed E-state index contributed by atoms with van der Waals surface area (Å²) in [5.41, 5.74) is 5.49. The Labute approximate surface area is 105 Å². The largest absolute Gasteiger partial charge is 0.489 e. The summed E-state index contributed by atoms with van der Waals surface area (Å²) >= 11 is 5.95. The molecule has 1 heterocycles. The lowest BCUT2D eigenvalue weighted by atomic mass is 10.1. The quantitative estimate of drug-likeness (QED) is 0.861. The summed E-state index contributed by atoms with van der Waals surface area (Å²) in [4.78, 5) is 11.0. The van der Waals surface area contributed by atoms with E-state index in [1.54, 1.807) is 18.2 Å². The van der Waals surface area contributed by atoms with E-state index in [2.05, 4.69) is 5.32 Å². The molecule has 3 N–H and O–H groups in total. The molecule has 17 heavy (non-hydrogen) atoms. The van der Waals surface area contributed by atoms with Crippen molar-refractivity contribution in [1.29, 1.82) is 0 Å². The number of benzene rings is 1. The summed E-state index contributed by atoms with van der Waals surface area (Å²) in [6.07, 6.45) is 2.30. The van der Waals surface area contributed by atoms with E-state index in [4.69, 9.17) is 22.1 Å². The molecule has 0 radical (unpaired) electrons. The second-order valence-corrected chi connectivity index (χ2v) is 4.50. The van der Waals surface area contributed by atoms with Gasteiger partial charge in [-0.15, -0.1) is 0 Å². The van der Waals surface area contributed by atoms with Crippen molar-refractivity contribution < 1.29 is 9.53 Å². The lowest BCUT2D eigenvalue weighted by molar-refractivity contribution is 0.100. The first-order chi connectivity index (χ1) is 8.16. The van der Waals surface area contributed by atoms with Crippen LogP contribution in [0.2, 0.25) is 5.02 Å². The standard InChI is InChI=1S/C12H15ClN2O2/c13-11-6-8(3-4-10(11)12(14)16)17-9-2-1-5-15-7-9/h3-4,6,9,15H,1-2,5,7H2,(H2,14,16)/t9-/m0/s1. The zero-order chi connectivity index (χ0) is 12.3. The normalized spacial score (nSPS) is 19.9. The van der Waals surface area contributed by atoms with Gasteiger partial charge in [0.15, 0.2) is 0 Å². The lowest BCUT2D eigenvalue weighted by Gasteiger charge is -2.24. The fourth-order valence-electron chi connectivity index (χ4n) is 1.88. The second kappa shape index (κ2) is 5.38. The van der Waals surface area contributed by atoms with Crippen molar-refractivity contribution >= 4 is 17.5 Å². The average molecular weight is 255 g/mol. The van der Waals surface area contributed by atoms with Crippen LogP contribution >= 0.6 is 11.6 Å². The van der Waals surface area contributed by atoms with Gasteiger partial charge in [-0.25, -0.2) is 0 Å². The van der Waals surface area contributed by atoms with E-state index in [0.717, 1.165) is 25.9 Å². The number of piperidine rings is 1. The molecule has 0 saturated carbocycles. The van der Waals surface area contributed by atoms with Gasteiger partial charge in [-0.05, 0) is 37.6 Å². The Kier molecular flexibility index (Phi) is 3.86. The molecule has 1 fully saturated rings. The highest BCUT2D eigenvalue weighted by Crippen LogP contribution is 2.24. The first kappa shape index (κ1) is 12.2. The van der Waals surface area contributed by atoms with Gasteiger partial charge in [-0.2, -0.15) is 0 Å².